The highest BCUT2D eigenvalue weighted by atomic mass is 16.5. The van der Waals surface area contributed by atoms with Crippen molar-refractivity contribution in [2.24, 2.45) is 17.6 Å². The van der Waals surface area contributed by atoms with Crippen molar-refractivity contribution in [3.05, 3.63) is 23.2 Å². The topological polar surface area (TPSA) is 93.1 Å². The Morgan fingerprint density at radius 3 is 2.20 bits per heavy atom. The molecule has 1 atom stereocenters. The maximum absolute atomic E-state index is 6.57. The highest BCUT2D eigenvalue weighted by Crippen LogP contribution is 2.28. The van der Waals surface area contributed by atoms with Crippen LogP contribution in [0.5, 0.6) is 0 Å². The maximum Gasteiger partial charge on any atom is 0.0993 e. The summed E-state index contributed by atoms with van der Waals surface area (Å²) in [6.45, 7) is 17.6. The van der Waals surface area contributed by atoms with Gasteiger partial charge in [0.2, 0.25) is 0 Å². The zero-order valence-electron chi connectivity index (χ0n) is 28.1. The Morgan fingerprint density at radius 2 is 1.48 bits per heavy atom. The highest BCUT2D eigenvalue weighted by molar-refractivity contribution is 5.28. The molecule has 44 heavy (non-hydrogen) atoms. The number of ether oxygens (including phenoxy) is 1. The zero-order valence-corrected chi connectivity index (χ0v) is 28.1. The molecule has 0 radical (unpaired) electrons. The van der Waals surface area contributed by atoms with Crippen LogP contribution in [0.2, 0.25) is 0 Å². The number of morpholine rings is 1. The fraction of sp³-hybridized carbons (Fsp3) is 0.886. The van der Waals surface area contributed by atoms with Gasteiger partial charge in [0, 0.05) is 70.2 Å². The van der Waals surface area contributed by atoms with Crippen LogP contribution in [0.25, 0.3) is 0 Å². The van der Waals surface area contributed by atoms with Crippen LogP contribution in [0, 0.1) is 11.8 Å². The molecule has 1 unspecified atom stereocenters. The number of piperazine rings is 1. The number of rotatable bonds is 14. The summed E-state index contributed by atoms with van der Waals surface area (Å²) in [6, 6.07) is 0.790. The van der Waals surface area contributed by atoms with Crippen molar-refractivity contribution in [3.8, 4) is 0 Å². The van der Waals surface area contributed by atoms with Crippen LogP contribution in [-0.2, 0) is 4.74 Å². The summed E-state index contributed by atoms with van der Waals surface area (Å²) >= 11 is 0. The lowest BCUT2D eigenvalue weighted by atomic mass is 9.82. The molecule has 9 heteroatoms. The average molecular weight is 615 g/mol. The molecule has 252 valence electrons. The Kier molecular flexibility index (Phi) is 14.4. The van der Waals surface area contributed by atoms with Crippen LogP contribution in [-0.4, -0.2) is 119 Å². The normalized spacial score (nSPS) is 31.6. The molecule has 4 fully saturated rings. The summed E-state index contributed by atoms with van der Waals surface area (Å²) in [6.07, 6.45) is 18.4. The van der Waals surface area contributed by atoms with E-state index in [1.54, 1.807) is 0 Å². The fourth-order valence-electron chi connectivity index (χ4n) is 7.99. The zero-order chi connectivity index (χ0) is 30.4. The molecule has 9 nitrogen and oxygen atoms in total. The third-order valence-corrected chi connectivity index (χ3v) is 11.0. The van der Waals surface area contributed by atoms with Gasteiger partial charge in [0.15, 0.2) is 0 Å². The van der Waals surface area contributed by atoms with Crippen molar-refractivity contribution in [1.82, 2.24) is 36.0 Å². The maximum atomic E-state index is 6.57. The monoisotopic (exact) mass is 615 g/mol. The molecule has 0 aromatic carbocycles. The molecule has 2 saturated carbocycles. The van der Waals surface area contributed by atoms with Crippen molar-refractivity contribution in [2.75, 3.05) is 91.8 Å². The average Bonchev–Trinajstić information content (AvgIpc) is 3.06. The van der Waals surface area contributed by atoms with Gasteiger partial charge in [0.05, 0.1) is 25.2 Å². The van der Waals surface area contributed by atoms with Crippen molar-refractivity contribution < 1.29 is 4.74 Å². The lowest BCUT2D eigenvalue weighted by molar-refractivity contribution is 0.0309. The van der Waals surface area contributed by atoms with Crippen molar-refractivity contribution in [2.45, 2.75) is 96.2 Å². The van der Waals surface area contributed by atoms with Crippen LogP contribution in [0.4, 0.5) is 0 Å². The van der Waals surface area contributed by atoms with Gasteiger partial charge in [0.1, 0.15) is 0 Å². The molecule has 3 aliphatic heterocycles. The molecule has 3 heterocycles. The van der Waals surface area contributed by atoms with Gasteiger partial charge in [-0.3, -0.25) is 15.1 Å². The van der Waals surface area contributed by atoms with Crippen molar-refractivity contribution >= 4 is 0 Å². The number of nitrogens with one attached hydrogen (secondary N) is 4. The summed E-state index contributed by atoms with van der Waals surface area (Å²) < 4.78 is 5.50. The Morgan fingerprint density at radius 1 is 0.795 bits per heavy atom. The first-order chi connectivity index (χ1) is 21.6. The third kappa shape index (κ3) is 11.5. The molecule has 5 rings (SSSR count). The minimum atomic E-state index is 0.251. The molecule has 6 N–H and O–H groups in total. The smallest absolute Gasteiger partial charge is 0.0993 e. The molecule has 0 amide bonds. The van der Waals surface area contributed by atoms with Gasteiger partial charge >= 0.3 is 0 Å². The van der Waals surface area contributed by atoms with Crippen LogP contribution in [0.3, 0.4) is 0 Å². The third-order valence-electron chi connectivity index (χ3n) is 11.0. The Balaban J connectivity index is 0.929. The number of hydrogen-bond donors (Lipinski definition) is 5. The van der Waals surface area contributed by atoms with E-state index in [4.69, 9.17) is 10.5 Å². The molecule has 5 aliphatic rings. The second-order valence-corrected chi connectivity index (χ2v) is 14.4. The Bertz CT molecular complexity index is 868. The van der Waals surface area contributed by atoms with E-state index < -0.39 is 0 Å². The molecule has 0 bridgehead atoms. The first-order valence-electron chi connectivity index (χ1n) is 18.5. The van der Waals surface area contributed by atoms with Gasteiger partial charge in [-0.25, -0.2) is 0 Å². The predicted molar refractivity (Wildman–Crippen MR) is 182 cm³/mol. The summed E-state index contributed by atoms with van der Waals surface area (Å²) in [7, 11) is 0. The van der Waals surface area contributed by atoms with Crippen LogP contribution < -0.4 is 27.0 Å². The second-order valence-electron chi connectivity index (χ2n) is 14.4. The van der Waals surface area contributed by atoms with E-state index in [1.165, 1.54) is 88.6 Å². The summed E-state index contributed by atoms with van der Waals surface area (Å²) in [5.74, 6) is 2.44. The first kappa shape index (κ1) is 34.0. The fourth-order valence-corrected chi connectivity index (χ4v) is 7.99. The molecular weight excluding hydrogens is 548 g/mol. The van der Waals surface area contributed by atoms with E-state index in [-0.39, 0.29) is 6.17 Å². The number of hydrogen-bond acceptors (Lipinski definition) is 9. The second kappa shape index (κ2) is 18.7. The molecule has 0 aromatic rings. The lowest BCUT2D eigenvalue weighted by Gasteiger charge is -2.39. The number of nitrogens with two attached hydrogens (primary N) is 1. The van der Waals surface area contributed by atoms with E-state index in [1.807, 2.05) is 0 Å². The van der Waals surface area contributed by atoms with Gasteiger partial charge in [-0.05, 0) is 108 Å². The van der Waals surface area contributed by atoms with Crippen LogP contribution in [0.1, 0.15) is 84.0 Å². The summed E-state index contributed by atoms with van der Waals surface area (Å²) in [5, 5.41) is 15.0. The largest absolute Gasteiger partial charge is 0.385 e. The predicted octanol–water partition coefficient (Wildman–Crippen LogP) is 3.02. The van der Waals surface area contributed by atoms with Crippen LogP contribution >= 0.6 is 0 Å². The molecule has 0 aromatic heterocycles. The lowest BCUT2D eigenvalue weighted by Crippen LogP contribution is -2.49. The van der Waals surface area contributed by atoms with Gasteiger partial charge in [-0.2, -0.15) is 0 Å². The van der Waals surface area contributed by atoms with Crippen molar-refractivity contribution in [3.63, 3.8) is 0 Å². The minimum Gasteiger partial charge on any atom is -0.385 e. The van der Waals surface area contributed by atoms with E-state index in [0.717, 1.165) is 115 Å². The standard InChI is InChI=1S/C35H66N8O/c1-29-8-13-35(39-28-31-11-9-30(10-12-31)27-37-14-5-15-38-32-6-3-2-4-7-32)40-34(36)26-33(29)43-20-18-41(19-21-43)16-17-42-22-24-44-25-23-42/h26,30-32,35,37-40H,2-25,27-28,36H2,1H3/b33-29-,34-26-. The SMILES string of the molecule is C/C1=C(N2CCN(CCN3CCOCC3)CC2)\C=C(\N)NC(NCC2CCC(CNCCCNC3CCCCC3)CC2)CC1. The van der Waals surface area contributed by atoms with Gasteiger partial charge < -0.3 is 31.3 Å². The Hall–Kier alpha value is -1.36. The first-order valence-corrected chi connectivity index (χ1v) is 18.5. The minimum absolute atomic E-state index is 0.251. The van der Waals surface area contributed by atoms with E-state index >= 15 is 0 Å². The summed E-state index contributed by atoms with van der Waals surface area (Å²) in [5.41, 5.74) is 9.38. The van der Waals surface area contributed by atoms with E-state index in [0.29, 0.717) is 0 Å². The highest BCUT2D eigenvalue weighted by Gasteiger charge is 2.24. The molecular formula is C35H66N8O. The quantitative estimate of drug-likeness (QED) is 0.190. The number of nitrogens with zero attached hydrogens (tertiary/aromatic N) is 3. The van der Waals surface area contributed by atoms with Crippen molar-refractivity contribution in [1.29, 1.82) is 0 Å². The van der Waals surface area contributed by atoms with Gasteiger partial charge in [0.25, 0.3) is 0 Å². The van der Waals surface area contributed by atoms with E-state index in [9.17, 15) is 0 Å². The number of allylic oxidation sites excluding steroid dienone is 2. The molecule has 2 saturated heterocycles. The van der Waals surface area contributed by atoms with Gasteiger partial charge in [-0.1, -0.05) is 19.3 Å². The van der Waals surface area contributed by atoms with E-state index in [2.05, 4.69) is 49.0 Å². The summed E-state index contributed by atoms with van der Waals surface area (Å²) in [4.78, 5) is 7.72. The Labute approximate surface area is 269 Å². The van der Waals surface area contributed by atoms with Gasteiger partial charge in [-0.15, -0.1) is 0 Å². The van der Waals surface area contributed by atoms with Crippen LogP contribution in [0.15, 0.2) is 23.2 Å². The molecule has 2 aliphatic carbocycles. The molecule has 0 spiro atoms.